The first-order chi connectivity index (χ1) is 15.0. The van der Waals surface area contributed by atoms with Crippen LogP contribution in [0.4, 0.5) is 11.4 Å². The van der Waals surface area contributed by atoms with E-state index < -0.39 is 0 Å². The lowest BCUT2D eigenvalue weighted by atomic mass is 9.82. The highest BCUT2D eigenvalue weighted by Crippen LogP contribution is 2.49. The molecule has 0 radical (unpaired) electrons. The predicted molar refractivity (Wildman–Crippen MR) is 130 cm³/mol. The molecule has 0 aliphatic carbocycles. The van der Waals surface area contributed by atoms with E-state index in [1.54, 1.807) is 0 Å². The molecule has 0 unspecified atom stereocenters. The van der Waals surface area contributed by atoms with Crippen LogP contribution in [0.5, 0.6) is 0 Å². The molecule has 3 aromatic rings. The second kappa shape index (κ2) is 8.83. The largest absolute Gasteiger partial charge is 0.346 e. The summed E-state index contributed by atoms with van der Waals surface area (Å²) in [7, 11) is 0. The third-order valence-corrected chi connectivity index (χ3v) is 6.70. The van der Waals surface area contributed by atoms with Gasteiger partial charge in [0.1, 0.15) is 0 Å². The van der Waals surface area contributed by atoms with E-state index in [0.717, 1.165) is 46.5 Å². The number of benzene rings is 3. The number of nitriles is 1. The van der Waals surface area contributed by atoms with Gasteiger partial charge in [-0.15, -0.1) is 0 Å². The van der Waals surface area contributed by atoms with Gasteiger partial charge in [0.2, 0.25) is 0 Å². The lowest BCUT2D eigenvalue weighted by Crippen LogP contribution is -2.45. The van der Waals surface area contributed by atoms with Crippen LogP contribution in [0.2, 0.25) is 10.0 Å². The fourth-order valence-electron chi connectivity index (χ4n) is 4.83. The van der Waals surface area contributed by atoms with Crippen LogP contribution in [0.3, 0.4) is 0 Å². The van der Waals surface area contributed by atoms with Crippen molar-refractivity contribution < 1.29 is 0 Å². The van der Waals surface area contributed by atoms with Gasteiger partial charge in [0.05, 0.1) is 29.9 Å². The minimum Gasteiger partial charge on any atom is -0.346 e. The fraction of sp³-hybridized carbons (Fsp3) is 0.269. The first-order valence-corrected chi connectivity index (χ1v) is 11.3. The maximum Gasteiger partial charge on any atom is 0.0991 e. The molecule has 4 rings (SSSR count). The van der Waals surface area contributed by atoms with Crippen molar-refractivity contribution in [3.8, 4) is 6.07 Å². The zero-order valence-electron chi connectivity index (χ0n) is 17.7. The summed E-state index contributed by atoms with van der Waals surface area (Å²) in [6, 6.07) is 26.4. The van der Waals surface area contributed by atoms with Crippen molar-refractivity contribution in [1.82, 2.24) is 0 Å². The van der Waals surface area contributed by atoms with Crippen molar-refractivity contribution in [1.29, 1.82) is 5.26 Å². The molecule has 1 aliphatic rings. The fourth-order valence-corrected chi connectivity index (χ4v) is 5.09. The maximum absolute atomic E-state index is 9.51. The van der Waals surface area contributed by atoms with Gasteiger partial charge in [0, 0.05) is 21.4 Å². The Morgan fingerprint density at radius 2 is 1.58 bits per heavy atom. The molecule has 0 aromatic heterocycles. The maximum atomic E-state index is 9.51. The van der Waals surface area contributed by atoms with E-state index in [0.29, 0.717) is 5.56 Å². The second-order valence-electron chi connectivity index (χ2n) is 8.24. The molecular weight excluding hydrogens is 425 g/mol. The summed E-state index contributed by atoms with van der Waals surface area (Å²) in [6.45, 7) is 5.27. The van der Waals surface area contributed by atoms with Crippen molar-refractivity contribution in [2.45, 2.75) is 38.3 Å². The highest BCUT2D eigenvalue weighted by Gasteiger charge is 2.49. The molecule has 1 saturated heterocycles. The zero-order chi connectivity index (χ0) is 22.0. The van der Waals surface area contributed by atoms with Crippen LogP contribution in [-0.4, -0.2) is 12.2 Å². The average molecular weight is 450 g/mol. The molecule has 3 aromatic carbocycles. The van der Waals surface area contributed by atoms with Crippen molar-refractivity contribution in [2.75, 3.05) is 16.5 Å². The Morgan fingerprint density at radius 1 is 0.968 bits per heavy atom. The molecule has 1 heterocycles. The van der Waals surface area contributed by atoms with Gasteiger partial charge in [0.15, 0.2) is 0 Å². The average Bonchev–Trinajstić information content (AvgIpc) is 3.08. The van der Waals surface area contributed by atoms with Crippen LogP contribution in [0.1, 0.15) is 43.9 Å². The number of nitrogens with zero attached hydrogens (tertiary/aromatic N) is 3. The summed E-state index contributed by atoms with van der Waals surface area (Å²) in [5.74, 6) is 0. The highest BCUT2D eigenvalue weighted by atomic mass is 35.5. The van der Waals surface area contributed by atoms with Crippen LogP contribution in [0, 0.1) is 11.3 Å². The Bertz CT molecular complexity index is 1090. The van der Waals surface area contributed by atoms with Crippen molar-refractivity contribution in [3.63, 3.8) is 0 Å². The lowest BCUT2D eigenvalue weighted by Gasteiger charge is -2.40. The molecule has 1 aliphatic heterocycles. The van der Waals surface area contributed by atoms with Gasteiger partial charge in [0.25, 0.3) is 0 Å². The van der Waals surface area contributed by atoms with E-state index in [2.05, 4.69) is 60.0 Å². The molecule has 1 fully saturated rings. The summed E-state index contributed by atoms with van der Waals surface area (Å²) in [5.41, 5.74) is 3.88. The molecular formula is C26H25Cl2N3. The van der Waals surface area contributed by atoms with Gasteiger partial charge in [-0.1, -0.05) is 48.7 Å². The Kier molecular flexibility index (Phi) is 6.14. The van der Waals surface area contributed by atoms with Crippen molar-refractivity contribution in [2.24, 2.45) is 0 Å². The van der Waals surface area contributed by atoms with Crippen LogP contribution < -0.4 is 9.80 Å². The van der Waals surface area contributed by atoms with E-state index in [-0.39, 0.29) is 11.6 Å². The minimum absolute atomic E-state index is 0.0672. The molecule has 5 heteroatoms. The van der Waals surface area contributed by atoms with Crippen LogP contribution >= 0.6 is 23.2 Å². The van der Waals surface area contributed by atoms with Gasteiger partial charge in [-0.25, -0.2) is 0 Å². The van der Waals surface area contributed by atoms with Crippen molar-refractivity contribution >= 4 is 34.6 Å². The number of anilines is 2. The number of hydrogen-bond acceptors (Lipinski definition) is 3. The van der Waals surface area contributed by atoms with E-state index in [9.17, 15) is 5.26 Å². The van der Waals surface area contributed by atoms with Gasteiger partial charge >= 0.3 is 0 Å². The molecule has 0 spiro atoms. The summed E-state index contributed by atoms with van der Waals surface area (Å²) in [5, 5.41) is 11.0. The molecule has 158 valence electrons. The third kappa shape index (κ3) is 4.11. The quantitative estimate of drug-likeness (QED) is 0.404. The second-order valence-corrected chi connectivity index (χ2v) is 9.11. The number of halogens is 2. The zero-order valence-corrected chi connectivity index (χ0v) is 19.2. The van der Waals surface area contributed by atoms with Crippen LogP contribution in [-0.2, 0) is 0 Å². The molecule has 0 saturated carbocycles. The highest BCUT2D eigenvalue weighted by molar-refractivity contribution is 6.30. The summed E-state index contributed by atoms with van der Waals surface area (Å²) < 4.78 is 0. The number of hydrogen-bond donors (Lipinski definition) is 0. The lowest BCUT2D eigenvalue weighted by molar-refractivity contribution is 0.381. The predicted octanol–water partition coefficient (Wildman–Crippen LogP) is 7.45. The van der Waals surface area contributed by atoms with Gasteiger partial charge in [-0.05, 0) is 79.6 Å². The SMILES string of the molecule is CCC[C@]1(C)[C@@H](c2cccc(C#N)c2)N(c2ccc(Cl)cc2)CN1c1ccc(Cl)cc1. The van der Waals surface area contributed by atoms with Crippen LogP contribution in [0.25, 0.3) is 0 Å². The first kappa shape index (κ1) is 21.6. The molecule has 2 atom stereocenters. The topological polar surface area (TPSA) is 30.3 Å². The van der Waals surface area contributed by atoms with E-state index in [1.165, 1.54) is 0 Å². The van der Waals surface area contributed by atoms with Gasteiger partial charge in [-0.2, -0.15) is 5.26 Å². The van der Waals surface area contributed by atoms with E-state index >= 15 is 0 Å². The van der Waals surface area contributed by atoms with E-state index in [4.69, 9.17) is 23.2 Å². The Balaban J connectivity index is 1.88. The Morgan fingerprint density at radius 3 is 2.16 bits per heavy atom. The standard InChI is InChI=1S/C26H25Cl2N3/c1-3-15-26(2)25(20-6-4-5-19(16-20)17-29)30(23-11-7-21(27)8-12-23)18-31(26)24-13-9-22(28)10-14-24/h4-14,16,25H,3,15,18H2,1-2H3/t25-,26-/m1/s1. The van der Waals surface area contributed by atoms with Gasteiger partial charge in [-0.3, -0.25) is 0 Å². The molecule has 0 amide bonds. The monoisotopic (exact) mass is 449 g/mol. The summed E-state index contributed by atoms with van der Waals surface area (Å²) >= 11 is 12.4. The summed E-state index contributed by atoms with van der Waals surface area (Å²) in [4.78, 5) is 4.88. The molecule has 3 nitrogen and oxygen atoms in total. The van der Waals surface area contributed by atoms with Crippen molar-refractivity contribution in [3.05, 3.63) is 94.0 Å². The minimum atomic E-state index is -0.184. The normalized spacial score (nSPS) is 20.7. The van der Waals surface area contributed by atoms with Crippen LogP contribution in [0.15, 0.2) is 72.8 Å². The Labute approximate surface area is 194 Å². The molecule has 0 bridgehead atoms. The Hall–Kier alpha value is -2.67. The summed E-state index contributed by atoms with van der Waals surface area (Å²) in [6.07, 6.45) is 2.05. The third-order valence-electron chi connectivity index (χ3n) is 6.20. The van der Waals surface area contributed by atoms with Gasteiger partial charge < -0.3 is 9.80 Å². The number of rotatable bonds is 5. The smallest absolute Gasteiger partial charge is 0.0991 e. The van der Waals surface area contributed by atoms with E-state index in [1.807, 2.05) is 42.5 Å². The molecule has 0 N–H and O–H groups in total. The molecule has 31 heavy (non-hydrogen) atoms. The first-order valence-electron chi connectivity index (χ1n) is 10.5.